The highest BCUT2D eigenvalue weighted by Gasteiger charge is 2.16. The molecule has 114 valence electrons. The third-order valence-corrected chi connectivity index (χ3v) is 3.11. The summed E-state index contributed by atoms with van der Waals surface area (Å²) in [6.07, 6.45) is 0. The van der Waals surface area contributed by atoms with Gasteiger partial charge >= 0.3 is 0 Å². The second-order valence-electron chi connectivity index (χ2n) is 5.08. The summed E-state index contributed by atoms with van der Waals surface area (Å²) in [5.41, 5.74) is 0.893. The van der Waals surface area contributed by atoms with Gasteiger partial charge in [0.1, 0.15) is 6.04 Å². The first-order valence-corrected chi connectivity index (χ1v) is 6.87. The summed E-state index contributed by atoms with van der Waals surface area (Å²) in [5.74, 6) is 2.88. The molecule has 0 fully saturated rings. The molecule has 0 aliphatic rings. The first kappa shape index (κ1) is 15.2. The normalized spacial score (nSPS) is 12.3. The Morgan fingerprint density at radius 1 is 1.10 bits per heavy atom. The number of rotatable bonds is 6. The summed E-state index contributed by atoms with van der Waals surface area (Å²) in [7, 11) is 3.22. The Bertz CT molecular complexity index is 596. The number of anilines is 1. The zero-order valence-corrected chi connectivity index (χ0v) is 13.0. The number of ether oxygens (including phenoxy) is 2. The lowest BCUT2D eigenvalue weighted by molar-refractivity contribution is 0.354. The van der Waals surface area contributed by atoms with Crippen molar-refractivity contribution >= 4 is 5.69 Å². The third-order valence-electron chi connectivity index (χ3n) is 3.11. The maximum Gasteiger partial charge on any atom is 0.248 e. The van der Waals surface area contributed by atoms with E-state index in [0.717, 1.165) is 5.69 Å². The van der Waals surface area contributed by atoms with Crippen LogP contribution >= 0.6 is 0 Å². The van der Waals surface area contributed by atoms with Crippen LogP contribution in [0.3, 0.4) is 0 Å². The van der Waals surface area contributed by atoms with Gasteiger partial charge in [0.05, 0.1) is 14.2 Å². The predicted octanol–water partition coefficient (Wildman–Crippen LogP) is 3.38. The van der Waals surface area contributed by atoms with Crippen molar-refractivity contribution in [2.24, 2.45) is 0 Å². The molecule has 2 aromatic rings. The molecule has 0 saturated heterocycles. The molecule has 1 atom stereocenters. The van der Waals surface area contributed by atoms with Crippen molar-refractivity contribution in [3.05, 3.63) is 29.9 Å². The van der Waals surface area contributed by atoms with Crippen LogP contribution in [0.25, 0.3) is 0 Å². The van der Waals surface area contributed by atoms with E-state index in [1.807, 2.05) is 39.0 Å². The minimum atomic E-state index is -0.0944. The standard InChI is InChI=1S/C15H21N3O3/c1-9(2)14-17-15(21-18-14)10(3)16-11-6-7-12(19-4)13(8-11)20-5/h6-10,16H,1-5H3. The number of benzene rings is 1. The summed E-state index contributed by atoms with van der Waals surface area (Å²) in [5, 5.41) is 7.27. The van der Waals surface area contributed by atoms with Crippen molar-refractivity contribution in [2.45, 2.75) is 32.7 Å². The number of nitrogens with one attached hydrogen (secondary N) is 1. The van der Waals surface area contributed by atoms with Gasteiger partial charge in [-0.15, -0.1) is 0 Å². The summed E-state index contributed by atoms with van der Waals surface area (Å²) in [6, 6.07) is 5.54. The van der Waals surface area contributed by atoms with Crippen molar-refractivity contribution < 1.29 is 14.0 Å². The Kier molecular flexibility index (Phi) is 4.67. The Balaban J connectivity index is 2.13. The van der Waals surface area contributed by atoms with Gasteiger partial charge in [-0.1, -0.05) is 19.0 Å². The summed E-state index contributed by atoms with van der Waals surface area (Å²) >= 11 is 0. The van der Waals surface area contributed by atoms with Gasteiger partial charge < -0.3 is 19.3 Å². The molecule has 6 nitrogen and oxygen atoms in total. The van der Waals surface area contributed by atoms with Crippen LogP contribution in [-0.2, 0) is 0 Å². The zero-order valence-electron chi connectivity index (χ0n) is 13.0. The van der Waals surface area contributed by atoms with Crippen LogP contribution in [-0.4, -0.2) is 24.4 Å². The molecule has 0 aliphatic heterocycles. The first-order valence-electron chi connectivity index (χ1n) is 6.87. The molecule has 0 bridgehead atoms. The van der Waals surface area contributed by atoms with Crippen molar-refractivity contribution in [3.63, 3.8) is 0 Å². The second-order valence-corrected chi connectivity index (χ2v) is 5.08. The van der Waals surface area contributed by atoms with Crippen LogP contribution in [0.1, 0.15) is 44.4 Å². The minimum absolute atomic E-state index is 0.0944. The van der Waals surface area contributed by atoms with E-state index in [-0.39, 0.29) is 12.0 Å². The van der Waals surface area contributed by atoms with Crippen LogP contribution < -0.4 is 14.8 Å². The van der Waals surface area contributed by atoms with E-state index in [2.05, 4.69) is 15.5 Å². The van der Waals surface area contributed by atoms with Crippen LogP contribution in [0.5, 0.6) is 11.5 Å². The zero-order chi connectivity index (χ0) is 15.4. The van der Waals surface area contributed by atoms with E-state index in [4.69, 9.17) is 14.0 Å². The van der Waals surface area contributed by atoms with E-state index in [0.29, 0.717) is 23.2 Å². The largest absolute Gasteiger partial charge is 0.493 e. The van der Waals surface area contributed by atoms with E-state index < -0.39 is 0 Å². The average Bonchev–Trinajstić information content (AvgIpc) is 2.97. The molecule has 1 aromatic heterocycles. The quantitative estimate of drug-likeness (QED) is 0.879. The van der Waals surface area contributed by atoms with Crippen LogP contribution in [0, 0.1) is 0 Å². The van der Waals surface area contributed by atoms with E-state index in [1.165, 1.54) is 0 Å². The monoisotopic (exact) mass is 291 g/mol. The number of hydrogen-bond acceptors (Lipinski definition) is 6. The Morgan fingerprint density at radius 2 is 1.81 bits per heavy atom. The van der Waals surface area contributed by atoms with Gasteiger partial charge in [0.2, 0.25) is 5.89 Å². The number of methoxy groups -OCH3 is 2. The molecular weight excluding hydrogens is 270 g/mol. The molecule has 0 saturated carbocycles. The summed E-state index contributed by atoms with van der Waals surface area (Å²) < 4.78 is 15.8. The van der Waals surface area contributed by atoms with Gasteiger partial charge in [-0.25, -0.2) is 0 Å². The van der Waals surface area contributed by atoms with E-state index in [1.54, 1.807) is 14.2 Å². The van der Waals surface area contributed by atoms with Gasteiger partial charge in [-0.3, -0.25) is 0 Å². The van der Waals surface area contributed by atoms with Crippen LogP contribution in [0.4, 0.5) is 5.69 Å². The molecule has 1 unspecified atom stereocenters. The minimum Gasteiger partial charge on any atom is -0.493 e. The molecule has 1 heterocycles. The summed E-state index contributed by atoms with van der Waals surface area (Å²) in [6.45, 7) is 6.02. The van der Waals surface area contributed by atoms with E-state index >= 15 is 0 Å². The van der Waals surface area contributed by atoms with Gasteiger partial charge in [0.25, 0.3) is 0 Å². The molecule has 0 amide bonds. The fourth-order valence-corrected chi connectivity index (χ4v) is 1.90. The van der Waals surface area contributed by atoms with Crippen LogP contribution in [0.15, 0.2) is 22.7 Å². The lowest BCUT2D eigenvalue weighted by Gasteiger charge is -2.14. The smallest absolute Gasteiger partial charge is 0.248 e. The average molecular weight is 291 g/mol. The van der Waals surface area contributed by atoms with Gasteiger partial charge in [0.15, 0.2) is 17.3 Å². The Morgan fingerprint density at radius 3 is 2.38 bits per heavy atom. The van der Waals surface area contributed by atoms with Crippen molar-refractivity contribution in [1.29, 1.82) is 0 Å². The summed E-state index contributed by atoms with van der Waals surface area (Å²) in [4.78, 5) is 4.39. The maximum absolute atomic E-state index is 5.28. The number of nitrogens with zero attached hydrogens (tertiary/aromatic N) is 2. The molecule has 0 radical (unpaired) electrons. The highest BCUT2D eigenvalue weighted by atomic mass is 16.5. The Hall–Kier alpha value is -2.24. The highest BCUT2D eigenvalue weighted by molar-refractivity contribution is 5.55. The molecular formula is C15H21N3O3. The Labute approximate surface area is 124 Å². The highest BCUT2D eigenvalue weighted by Crippen LogP contribution is 2.31. The van der Waals surface area contributed by atoms with Gasteiger partial charge in [-0.05, 0) is 19.1 Å². The topological polar surface area (TPSA) is 69.4 Å². The van der Waals surface area contributed by atoms with Crippen molar-refractivity contribution in [3.8, 4) is 11.5 Å². The molecule has 1 N–H and O–H groups in total. The molecule has 21 heavy (non-hydrogen) atoms. The molecule has 0 aliphatic carbocycles. The maximum atomic E-state index is 5.28. The number of hydrogen-bond donors (Lipinski definition) is 1. The molecule has 6 heteroatoms. The fourth-order valence-electron chi connectivity index (χ4n) is 1.90. The number of aromatic nitrogens is 2. The van der Waals surface area contributed by atoms with Crippen molar-refractivity contribution in [2.75, 3.05) is 19.5 Å². The third kappa shape index (κ3) is 3.45. The van der Waals surface area contributed by atoms with Crippen molar-refractivity contribution in [1.82, 2.24) is 10.1 Å². The molecule has 0 spiro atoms. The molecule has 1 aromatic carbocycles. The SMILES string of the molecule is COc1ccc(NC(C)c2nc(C(C)C)no2)cc1OC. The lowest BCUT2D eigenvalue weighted by atomic mass is 10.2. The second kappa shape index (κ2) is 6.47. The fraction of sp³-hybridized carbons (Fsp3) is 0.467. The van der Waals surface area contributed by atoms with E-state index in [9.17, 15) is 0 Å². The van der Waals surface area contributed by atoms with Gasteiger partial charge in [0, 0.05) is 17.7 Å². The predicted molar refractivity (Wildman–Crippen MR) is 80.0 cm³/mol. The molecule has 2 rings (SSSR count). The van der Waals surface area contributed by atoms with Crippen LogP contribution in [0.2, 0.25) is 0 Å². The van der Waals surface area contributed by atoms with Gasteiger partial charge in [-0.2, -0.15) is 4.98 Å². The first-order chi connectivity index (χ1) is 10.0. The lowest BCUT2D eigenvalue weighted by Crippen LogP contribution is -2.07.